The summed E-state index contributed by atoms with van der Waals surface area (Å²) in [6.45, 7) is 0. The van der Waals surface area contributed by atoms with E-state index < -0.39 is 0 Å². The lowest BCUT2D eigenvalue weighted by Gasteiger charge is -2.32. The topological polar surface area (TPSA) is 29.1 Å². The molecule has 0 spiro atoms. The van der Waals surface area contributed by atoms with Crippen LogP contribution in [0, 0.1) is 0 Å². The lowest BCUT2D eigenvalue weighted by atomic mass is 9.77. The molecule has 3 rings (SSSR count). The molecule has 96 valence electrons. The fourth-order valence-electron chi connectivity index (χ4n) is 2.99. The molecular formula is C15H18BrNO. The summed E-state index contributed by atoms with van der Waals surface area (Å²) in [5, 5.41) is 3.22. The number of halogens is 1. The number of hydrogen-bond acceptors (Lipinski definition) is 1. The van der Waals surface area contributed by atoms with Gasteiger partial charge in [0, 0.05) is 10.9 Å². The second kappa shape index (κ2) is 5.04. The van der Waals surface area contributed by atoms with Gasteiger partial charge >= 0.3 is 0 Å². The van der Waals surface area contributed by atoms with Gasteiger partial charge in [-0.15, -0.1) is 0 Å². The minimum absolute atomic E-state index is 0.0999. The Morgan fingerprint density at radius 2 is 1.89 bits per heavy atom. The number of alkyl halides is 1. The molecule has 1 saturated carbocycles. The second-order valence-electron chi connectivity index (χ2n) is 5.41. The Balaban J connectivity index is 1.57. The number of carbonyl (C=O) groups is 1. The van der Waals surface area contributed by atoms with Crippen LogP contribution in [0.4, 0.5) is 0 Å². The largest absolute Gasteiger partial charge is 0.353 e. The van der Waals surface area contributed by atoms with Crippen molar-refractivity contribution in [2.24, 2.45) is 0 Å². The van der Waals surface area contributed by atoms with Gasteiger partial charge in [0.2, 0.25) is 5.91 Å². The lowest BCUT2D eigenvalue weighted by molar-refractivity contribution is -0.124. The van der Waals surface area contributed by atoms with Crippen LogP contribution in [0.1, 0.15) is 42.7 Å². The molecule has 1 aromatic rings. The van der Waals surface area contributed by atoms with Crippen LogP contribution in [0.15, 0.2) is 24.3 Å². The van der Waals surface area contributed by atoms with Gasteiger partial charge in [-0.3, -0.25) is 4.79 Å². The Hall–Kier alpha value is -0.830. The van der Waals surface area contributed by atoms with Crippen molar-refractivity contribution in [3.8, 4) is 0 Å². The third kappa shape index (κ3) is 2.33. The number of carbonyl (C=O) groups excluding carboxylic acids is 1. The van der Waals surface area contributed by atoms with E-state index >= 15 is 0 Å². The first-order valence-corrected chi connectivity index (χ1v) is 7.68. The predicted molar refractivity (Wildman–Crippen MR) is 76.0 cm³/mol. The minimum atomic E-state index is 0.0999. The van der Waals surface area contributed by atoms with Gasteiger partial charge in [0.05, 0.1) is 5.92 Å². The van der Waals surface area contributed by atoms with E-state index in [0.29, 0.717) is 10.9 Å². The van der Waals surface area contributed by atoms with Gasteiger partial charge in [-0.1, -0.05) is 40.2 Å². The molecule has 0 aliphatic heterocycles. The Labute approximate surface area is 116 Å². The van der Waals surface area contributed by atoms with E-state index in [2.05, 4.69) is 33.4 Å². The Morgan fingerprint density at radius 1 is 1.17 bits per heavy atom. The molecule has 1 aromatic carbocycles. The maximum Gasteiger partial charge on any atom is 0.228 e. The highest BCUT2D eigenvalue weighted by atomic mass is 79.9. The highest BCUT2D eigenvalue weighted by Gasteiger charge is 2.33. The van der Waals surface area contributed by atoms with Crippen LogP contribution in [0.5, 0.6) is 0 Å². The van der Waals surface area contributed by atoms with Crippen LogP contribution in [-0.2, 0) is 11.2 Å². The Bertz CT molecular complexity index is 452. The van der Waals surface area contributed by atoms with Gasteiger partial charge in [0.1, 0.15) is 0 Å². The SMILES string of the molecule is O=C(NC1CCC(Br)CC1)C1Cc2ccccc21. The van der Waals surface area contributed by atoms with Crippen molar-refractivity contribution in [3.63, 3.8) is 0 Å². The molecule has 1 amide bonds. The Morgan fingerprint density at radius 3 is 2.61 bits per heavy atom. The van der Waals surface area contributed by atoms with Crippen molar-refractivity contribution >= 4 is 21.8 Å². The van der Waals surface area contributed by atoms with E-state index in [1.54, 1.807) is 0 Å². The number of fused-ring (bicyclic) bond motifs is 1. The Kier molecular flexibility index (Phi) is 3.42. The van der Waals surface area contributed by atoms with E-state index in [1.807, 2.05) is 12.1 Å². The molecular weight excluding hydrogens is 290 g/mol. The molecule has 0 saturated heterocycles. The van der Waals surface area contributed by atoms with Gasteiger partial charge in [-0.25, -0.2) is 0 Å². The fourth-order valence-corrected chi connectivity index (χ4v) is 3.52. The van der Waals surface area contributed by atoms with Crippen LogP contribution in [-0.4, -0.2) is 16.8 Å². The molecule has 2 aliphatic rings. The summed E-state index contributed by atoms with van der Waals surface area (Å²) in [7, 11) is 0. The van der Waals surface area contributed by atoms with Gasteiger partial charge < -0.3 is 5.32 Å². The van der Waals surface area contributed by atoms with Crippen molar-refractivity contribution in [1.82, 2.24) is 5.32 Å². The van der Waals surface area contributed by atoms with Gasteiger partial charge in [0.15, 0.2) is 0 Å². The molecule has 1 fully saturated rings. The molecule has 2 nitrogen and oxygen atoms in total. The zero-order chi connectivity index (χ0) is 12.5. The second-order valence-corrected chi connectivity index (χ2v) is 6.71. The monoisotopic (exact) mass is 307 g/mol. The van der Waals surface area contributed by atoms with Crippen molar-refractivity contribution in [1.29, 1.82) is 0 Å². The summed E-state index contributed by atoms with van der Waals surface area (Å²) in [6, 6.07) is 8.66. The summed E-state index contributed by atoms with van der Waals surface area (Å²) in [5.74, 6) is 0.328. The third-order valence-corrected chi connectivity index (χ3v) is 5.09. The van der Waals surface area contributed by atoms with Gasteiger partial charge in [-0.05, 0) is 43.2 Å². The molecule has 1 unspecified atom stereocenters. The van der Waals surface area contributed by atoms with Crippen LogP contribution >= 0.6 is 15.9 Å². The summed E-state index contributed by atoms with van der Waals surface area (Å²) in [4.78, 5) is 12.9. The zero-order valence-electron chi connectivity index (χ0n) is 10.4. The third-order valence-electron chi connectivity index (χ3n) is 4.17. The predicted octanol–water partition coefficient (Wildman–Crippen LogP) is 3.15. The molecule has 1 atom stereocenters. The molecule has 0 heterocycles. The zero-order valence-corrected chi connectivity index (χ0v) is 11.9. The average molecular weight is 308 g/mol. The van der Waals surface area contributed by atoms with E-state index in [9.17, 15) is 4.79 Å². The molecule has 18 heavy (non-hydrogen) atoms. The number of nitrogens with one attached hydrogen (secondary N) is 1. The standard InChI is InChI=1S/C15H18BrNO/c16-11-5-7-12(8-6-11)17-15(18)14-9-10-3-1-2-4-13(10)14/h1-4,11-12,14H,5-9H2,(H,17,18). The van der Waals surface area contributed by atoms with Crippen LogP contribution in [0.3, 0.4) is 0 Å². The number of rotatable bonds is 2. The molecule has 0 bridgehead atoms. The number of hydrogen-bond donors (Lipinski definition) is 1. The maximum absolute atomic E-state index is 12.2. The van der Waals surface area contributed by atoms with Crippen molar-refractivity contribution < 1.29 is 4.79 Å². The normalized spacial score (nSPS) is 30.2. The molecule has 1 N–H and O–H groups in total. The average Bonchev–Trinajstić information content (AvgIpc) is 2.34. The van der Waals surface area contributed by atoms with Crippen molar-refractivity contribution in [2.45, 2.75) is 48.9 Å². The van der Waals surface area contributed by atoms with E-state index in [-0.39, 0.29) is 11.8 Å². The van der Waals surface area contributed by atoms with Crippen molar-refractivity contribution in [2.75, 3.05) is 0 Å². The smallest absolute Gasteiger partial charge is 0.228 e. The minimum Gasteiger partial charge on any atom is -0.353 e. The van der Waals surface area contributed by atoms with E-state index in [1.165, 1.54) is 24.0 Å². The molecule has 2 aliphatic carbocycles. The van der Waals surface area contributed by atoms with Crippen LogP contribution in [0.2, 0.25) is 0 Å². The molecule has 3 heteroatoms. The number of amides is 1. The van der Waals surface area contributed by atoms with Gasteiger partial charge in [-0.2, -0.15) is 0 Å². The molecule has 0 radical (unpaired) electrons. The van der Waals surface area contributed by atoms with E-state index in [4.69, 9.17) is 0 Å². The summed E-state index contributed by atoms with van der Waals surface area (Å²) < 4.78 is 0. The first kappa shape index (κ1) is 12.2. The van der Waals surface area contributed by atoms with Crippen LogP contribution in [0.25, 0.3) is 0 Å². The van der Waals surface area contributed by atoms with Gasteiger partial charge in [0.25, 0.3) is 0 Å². The molecule has 0 aromatic heterocycles. The quantitative estimate of drug-likeness (QED) is 0.836. The first-order valence-electron chi connectivity index (χ1n) is 6.76. The fraction of sp³-hybridized carbons (Fsp3) is 0.533. The summed E-state index contributed by atoms with van der Waals surface area (Å²) in [5.41, 5.74) is 2.56. The number of benzene rings is 1. The van der Waals surface area contributed by atoms with E-state index in [0.717, 1.165) is 19.3 Å². The highest BCUT2D eigenvalue weighted by molar-refractivity contribution is 9.09. The lowest BCUT2D eigenvalue weighted by Crippen LogP contribution is -2.43. The summed E-state index contributed by atoms with van der Waals surface area (Å²) >= 11 is 3.64. The highest BCUT2D eigenvalue weighted by Crippen LogP contribution is 2.35. The maximum atomic E-state index is 12.2. The van der Waals surface area contributed by atoms with Crippen LogP contribution < -0.4 is 5.32 Å². The first-order chi connectivity index (χ1) is 8.74. The van der Waals surface area contributed by atoms with Crippen molar-refractivity contribution in [3.05, 3.63) is 35.4 Å². The summed E-state index contributed by atoms with van der Waals surface area (Å²) in [6.07, 6.45) is 5.47.